The van der Waals surface area contributed by atoms with Gasteiger partial charge < -0.3 is 15.5 Å². The van der Waals surface area contributed by atoms with Gasteiger partial charge in [-0.05, 0) is 27.6 Å². The van der Waals surface area contributed by atoms with Crippen molar-refractivity contribution in [3.63, 3.8) is 0 Å². The van der Waals surface area contributed by atoms with E-state index in [2.05, 4.69) is 37.7 Å². The molecule has 5 nitrogen and oxygen atoms in total. The predicted octanol–water partition coefficient (Wildman–Crippen LogP) is 0.0640. The Labute approximate surface area is 112 Å². The molecule has 0 aromatic rings. The lowest BCUT2D eigenvalue weighted by atomic mass is 10.1. The molecule has 0 aliphatic heterocycles. The molecule has 2 unspecified atom stereocenters. The third kappa shape index (κ3) is 5.80. The van der Waals surface area contributed by atoms with E-state index in [0.717, 1.165) is 13.1 Å². The lowest BCUT2D eigenvalue weighted by Crippen LogP contribution is -2.50. The molecular formula is C13H30N4O. The fourth-order valence-electron chi connectivity index (χ4n) is 2.28. The summed E-state index contributed by atoms with van der Waals surface area (Å²) in [5, 5.41) is 0. The zero-order valence-corrected chi connectivity index (χ0v) is 12.8. The Morgan fingerprint density at radius 3 is 2.11 bits per heavy atom. The Morgan fingerprint density at radius 1 is 1.22 bits per heavy atom. The van der Waals surface area contributed by atoms with Gasteiger partial charge in [-0.15, -0.1) is 0 Å². The van der Waals surface area contributed by atoms with Crippen LogP contribution in [-0.4, -0.2) is 80.5 Å². The Hall–Kier alpha value is -0.650. The molecule has 5 heteroatoms. The van der Waals surface area contributed by atoms with E-state index in [1.165, 1.54) is 0 Å². The SMILES string of the molecule is CCN(C(C)CN(C)C)C(CN)CC(=O)N(C)C. The van der Waals surface area contributed by atoms with Crippen molar-refractivity contribution in [2.45, 2.75) is 32.4 Å². The first-order valence-electron chi connectivity index (χ1n) is 6.64. The van der Waals surface area contributed by atoms with Crippen molar-refractivity contribution in [3.05, 3.63) is 0 Å². The van der Waals surface area contributed by atoms with E-state index in [1.54, 1.807) is 19.0 Å². The number of hydrogen-bond acceptors (Lipinski definition) is 4. The second-order valence-electron chi connectivity index (χ2n) is 5.32. The van der Waals surface area contributed by atoms with Gasteiger partial charge in [0.15, 0.2) is 0 Å². The largest absolute Gasteiger partial charge is 0.349 e. The average molecular weight is 258 g/mol. The van der Waals surface area contributed by atoms with Crippen molar-refractivity contribution in [1.82, 2.24) is 14.7 Å². The number of likely N-dealkylation sites (N-methyl/N-ethyl adjacent to an activating group) is 2. The summed E-state index contributed by atoms with van der Waals surface area (Å²) in [6.45, 7) is 6.71. The van der Waals surface area contributed by atoms with Gasteiger partial charge in [0, 0.05) is 45.7 Å². The summed E-state index contributed by atoms with van der Waals surface area (Å²) in [6, 6.07) is 0.522. The molecule has 0 aliphatic rings. The zero-order valence-electron chi connectivity index (χ0n) is 12.8. The molecule has 0 heterocycles. The molecule has 0 rings (SSSR count). The van der Waals surface area contributed by atoms with Crippen LogP contribution in [0, 0.1) is 0 Å². The number of hydrogen-bond donors (Lipinski definition) is 1. The fourth-order valence-corrected chi connectivity index (χ4v) is 2.28. The Balaban J connectivity index is 4.61. The molecule has 0 saturated carbocycles. The summed E-state index contributed by atoms with van der Waals surface area (Å²) in [5.74, 6) is 0.140. The van der Waals surface area contributed by atoms with Crippen LogP contribution in [0.4, 0.5) is 0 Å². The van der Waals surface area contributed by atoms with E-state index in [4.69, 9.17) is 5.73 Å². The lowest BCUT2D eigenvalue weighted by molar-refractivity contribution is -0.130. The maximum Gasteiger partial charge on any atom is 0.223 e. The van der Waals surface area contributed by atoms with Crippen LogP contribution in [0.5, 0.6) is 0 Å². The second-order valence-corrected chi connectivity index (χ2v) is 5.32. The smallest absolute Gasteiger partial charge is 0.223 e. The number of rotatable bonds is 8. The molecule has 0 aliphatic carbocycles. The standard InChI is InChI=1S/C13H30N4O/c1-7-17(11(2)10-15(3)4)12(9-14)8-13(18)16(5)6/h11-12H,7-10,14H2,1-6H3. The van der Waals surface area contributed by atoms with Crippen molar-refractivity contribution in [2.75, 3.05) is 47.8 Å². The molecule has 2 atom stereocenters. The molecule has 1 amide bonds. The van der Waals surface area contributed by atoms with Gasteiger partial charge in [0.05, 0.1) is 0 Å². The van der Waals surface area contributed by atoms with Gasteiger partial charge in [-0.3, -0.25) is 9.69 Å². The molecule has 0 aromatic carbocycles. The molecule has 108 valence electrons. The van der Waals surface area contributed by atoms with Crippen LogP contribution in [0.15, 0.2) is 0 Å². The summed E-state index contributed by atoms with van der Waals surface area (Å²) < 4.78 is 0. The van der Waals surface area contributed by atoms with E-state index < -0.39 is 0 Å². The Bertz CT molecular complexity index is 243. The van der Waals surface area contributed by atoms with Gasteiger partial charge in [-0.25, -0.2) is 0 Å². The van der Waals surface area contributed by atoms with Gasteiger partial charge in [0.25, 0.3) is 0 Å². The van der Waals surface area contributed by atoms with Crippen LogP contribution in [0.2, 0.25) is 0 Å². The number of carbonyl (C=O) groups is 1. The predicted molar refractivity (Wildman–Crippen MR) is 76.5 cm³/mol. The van der Waals surface area contributed by atoms with Crippen molar-refractivity contribution < 1.29 is 4.79 Å². The van der Waals surface area contributed by atoms with Crippen LogP contribution in [0.3, 0.4) is 0 Å². The number of nitrogens with zero attached hydrogens (tertiary/aromatic N) is 3. The molecule has 0 fully saturated rings. The fraction of sp³-hybridized carbons (Fsp3) is 0.923. The highest BCUT2D eigenvalue weighted by Gasteiger charge is 2.24. The quantitative estimate of drug-likeness (QED) is 0.669. The normalized spacial score (nSPS) is 14.9. The molecule has 18 heavy (non-hydrogen) atoms. The minimum Gasteiger partial charge on any atom is -0.349 e. The minimum absolute atomic E-state index is 0.125. The van der Waals surface area contributed by atoms with Gasteiger partial charge in [0.1, 0.15) is 0 Å². The highest BCUT2D eigenvalue weighted by molar-refractivity contribution is 5.76. The number of nitrogens with two attached hydrogens (primary N) is 1. The summed E-state index contributed by atoms with van der Waals surface area (Å²) in [4.78, 5) is 17.9. The molecule has 0 bridgehead atoms. The van der Waals surface area contributed by atoms with E-state index in [0.29, 0.717) is 19.0 Å². The van der Waals surface area contributed by atoms with E-state index >= 15 is 0 Å². The monoisotopic (exact) mass is 258 g/mol. The maximum atomic E-state index is 11.8. The first-order chi connectivity index (χ1) is 8.33. The topological polar surface area (TPSA) is 52.8 Å². The molecule has 0 aromatic heterocycles. The summed E-state index contributed by atoms with van der Waals surface area (Å²) in [6.07, 6.45) is 0.495. The van der Waals surface area contributed by atoms with Crippen LogP contribution in [0.25, 0.3) is 0 Å². The highest BCUT2D eigenvalue weighted by atomic mass is 16.2. The lowest BCUT2D eigenvalue weighted by Gasteiger charge is -2.36. The summed E-state index contributed by atoms with van der Waals surface area (Å²) >= 11 is 0. The van der Waals surface area contributed by atoms with E-state index in [9.17, 15) is 4.79 Å². The molecule has 2 N–H and O–H groups in total. The van der Waals surface area contributed by atoms with Crippen LogP contribution in [-0.2, 0) is 4.79 Å². The highest BCUT2D eigenvalue weighted by Crippen LogP contribution is 2.10. The van der Waals surface area contributed by atoms with Crippen LogP contribution < -0.4 is 5.73 Å². The van der Waals surface area contributed by atoms with Crippen molar-refractivity contribution in [2.24, 2.45) is 5.73 Å². The summed E-state index contributed by atoms with van der Waals surface area (Å²) in [7, 11) is 7.70. The minimum atomic E-state index is 0.125. The van der Waals surface area contributed by atoms with Gasteiger partial charge >= 0.3 is 0 Å². The molecule has 0 radical (unpaired) electrons. The molecule has 0 spiro atoms. The first-order valence-corrected chi connectivity index (χ1v) is 6.64. The first kappa shape index (κ1) is 17.4. The van der Waals surface area contributed by atoms with E-state index in [-0.39, 0.29) is 11.9 Å². The van der Waals surface area contributed by atoms with E-state index in [1.807, 2.05) is 0 Å². The Morgan fingerprint density at radius 2 is 1.78 bits per heavy atom. The van der Waals surface area contributed by atoms with Crippen molar-refractivity contribution in [3.8, 4) is 0 Å². The molecular weight excluding hydrogens is 228 g/mol. The van der Waals surface area contributed by atoms with Gasteiger partial charge in [-0.1, -0.05) is 6.92 Å². The third-order valence-corrected chi connectivity index (χ3v) is 3.21. The average Bonchev–Trinajstić information content (AvgIpc) is 2.27. The van der Waals surface area contributed by atoms with Crippen molar-refractivity contribution >= 4 is 5.91 Å². The van der Waals surface area contributed by atoms with Crippen LogP contribution >= 0.6 is 0 Å². The number of amides is 1. The Kier molecular flexibility index (Phi) is 8.15. The van der Waals surface area contributed by atoms with Crippen LogP contribution in [0.1, 0.15) is 20.3 Å². The zero-order chi connectivity index (χ0) is 14.3. The second kappa shape index (κ2) is 8.45. The summed E-state index contributed by atoms with van der Waals surface area (Å²) in [5.41, 5.74) is 5.84. The third-order valence-electron chi connectivity index (χ3n) is 3.21. The number of carbonyl (C=O) groups excluding carboxylic acids is 1. The molecule has 0 saturated heterocycles. The van der Waals surface area contributed by atoms with Crippen molar-refractivity contribution in [1.29, 1.82) is 0 Å². The maximum absolute atomic E-state index is 11.8. The van der Waals surface area contributed by atoms with Gasteiger partial charge in [0.2, 0.25) is 5.91 Å². The van der Waals surface area contributed by atoms with Gasteiger partial charge in [-0.2, -0.15) is 0 Å².